The topological polar surface area (TPSA) is 37.3 Å². The van der Waals surface area contributed by atoms with Gasteiger partial charge in [0.2, 0.25) is 5.43 Å². The summed E-state index contributed by atoms with van der Waals surface area (Å²) in [6.07, 6.45) is 0. The smallest absolute Gasteiger partial charge is 0.214 e. The Morgan fingerprint density at radius 2 is 2.00 bits per heavy atom. The molecule has 0 heterocycles. The monoisotopic (exact) mass is 252 g/mol. The van der Waals surface area contributed by atoms with Crippen LogP contribution in [0.4, 0.5) is 0 Å². The maximum absolute atomic E-state index is 11.5. The van der Waals surface area contributed by atoms with Crippen molar-refractivity contribution < 1.29 is 5.11 Å². The van der Waals surface area contributed by atoms with Gasteiger partial charge in [0.25, 0.3) is 0 Å². The third-order valence-electron chi connectivity index (χ3n) is 2.03. The summed E-state index contributed by atoms with van der Waals surface area (Å²) in [6.45, 7) is 3.88. The van der Waals surface area contributed by atoms with Crippen LogP contribution in [0.25, 0.3) is 0 Å². The van der Waals surface area contributed by atoms with Gasteiger partial charge < -0.3 is 5.11 Å². The fourth-order valence-electron chi connectivity index (χ4n) is 1.20. The highest BCUT2D eigenvalue weighted by molar-refractivity contribution is 9.10. The molecule has 0 bridgehead atoms. The molecule has 1 rings (SSSR count). The molecule has 0 aliphatic carbocycles. The molecule has 2 radical (unpaired) electrons. The van der Waals surface area contributed by atoms with Crippen molar-refractivity contribution in [1.82, 2.24) is 0 Å². The summed E-state index contributed by atoms with van der Waals surface area (Å²) in [5, 5.41) is 9.41. The summed E-state index contributed by atoms with van der Waals surface area (Å²) in [6, 6.07) is 3.37. The highest BCUT2D eigenvalue weighted by Gasteiger charge is 2.09. The maximum Gasteiger partial charge on any atom is 0.214 e. The van der Waals surface area contributed by atoms with E-state index in [-0.39, 0.29) is 17.1 Å². The Morgan fingerprint density at radius 3 is 2.50 bits per heavy atom. The Labute approximate surface area is 92.5 Å². The molecule has 0 aromatic heterocycles. The second-order valence-corrected chi connectivity index (χ2v) is 4.24. The lowest BCUT2D eigenvalue weighted by molar-refractivity contribution is 0.468. The zero-order valence-electron chi connectivity index (χ0n) is 8.04. The van der Waals surface area contributed by atoms with Crippen LogP contribution in [0.15, 0.2) is 21.4 Å². The average Bonchev–Trinajstić information content (AvgIpc) is 2.21. The van der Waals surface area contributed by atoms with E-state index < -0.39 is 5.43 Å². The van der Waals surface area contributed by atoms with Gasteiger partial charge in [-0.3, -0.25) is 4.79 Å². The van der Waals surface area contributed by atoms with E-state index in [1.807, 2.05) is 13.8 Å². The lowest BCUT2D eigenvalue weighted by Crippen LogP contribution is -2.26. The van der Waals surface area contributed by atoms with E-state index >= 15 is 0 Å². The fourth-order valence-corrected chi connectivity index (χ4v) is 1.51. The Hall–Kier alpha value is -0.765. The van der Waals surface area contributed by atoms with Crippen LogP contribution in [-0.4, -0.2) is 13.0 Å². The number of halogens is 1. The van der Waals surface area contributed by atoms with E-state index in [0.717, 1.165) is 5.56 Å². The molecule has 4 heteroatoms. The van der Waals surface area contributed by atoms with Gasteiger partial charge in [-0.2, -0.15) is 0 Å². The van der Waals surface area contributed by atoms with Gasteiger partial charge in [0.05, 0.1) is 4.47 Å². The van der Waals surface area contributed by atoms with Crippen LogP contribution in [0.2, 0.25) is 0 Å². The molecule has 0 aliphatic heterocycles. The van der Waals surface area contributed by atoms with Crippen molar-refractivity contribution in [2.75, 3.05) is 0 Å². The quantitative estimate of drug-likeness (QED) is 0.768. The molecule has 0 fully saturated rings. The van der Waals surface area contributed by atoms with Gasteiger partial charge in [-0.1, -0.05) is 19.9 Å². The number of hydrogen-bond acceptors (Lipinski definition) is 2. The molecular formula is C10H10BBrO2. The molecule has 1 aromatic carbocycles. The molecule has 2 nitrogen and oxygen atoms in total. The van der Waals surface area contributed by atoms with E-state index in [4.69, 9.17) is 7.85 Å². The Balaban J connectivity index is 3.63. The third-order valence-corrected chi connectivity index (χ3v) is 2.67. The summed E-state index contributed by atoms with van der Waals surface area (Å²) >= 11 is 3.09. The Bertz CT molecular complexity index is 416. The average molecular weight is 253 g/mol. The number of rotatable bonds is 1. The third kappa shape index (κ3) is 2.00. The van der Waals surface area contributed by atoms with Gasteiger partial charge in [0.1, 0.15) is 7.85 Å². The van der Waals surface area contributed by atoms with Crippen LogP contribution in [-0.2, 0) is 0 Å². The van der Waals surface area contributed by atoms with Crippen LogP contribution in [0.3, 0.4) is 0 Å². The van der Waals surface area contributed by atoms with E-state index in [9.17, 15) is 9.90 Å². The minimum Gasteiger partial charge on any atom is -0.503 e. The fraction of sp³-hybridized carbons (Fsp3) is 0.300. The predicted octanol–water partition coefficient (Wildman–Crippen LogP) is 1.43. The molecule has 72 valence electrons. The normalized spacial score (nSPS) is 10.6. The van der Waals surface area contributed by atoms with Crippen molar-refractivity contribution in [2.24, 2.45) is 0 Å². The molecule has 0 amide bonds. The van der Waals surface area contributed by atoms with Gasteiger partial charge in [-0.05, 0) is 38.9 Å². The molecular weight excluding hydrogens is 243 g/mol. The maximum atomic E-state index is 11.5. The van der Waals surface area contributed by atoms with E-state index in [1.54, 1.807) is 12.1 Å². The molecule has 0 atom stereocenters. The first-order chi connectivity index (χ1) is 6.45. The SMILES string of the molecule is [B]c1c(C(C)C)ccc(Br)c(O)c1=O. The molecule has 0 spiro atoms. The van der Waals surface area contributed by atoms with E-state index in [1.165, 1.54) is 0 Å². The lowest BCUT2D eigenvalue weighted by atomic mass is 9.87. The molecule has 14 heavy (non-hydrogen) atoms. The summed E-state index contributed by atoms with van der Waals surface area (Å²) in [4.78, 5) is 11.5. The lowest BCUT2D eigenvalue weighted by Gasteiger charge is -2.04. The van der Waals surface area contributed by atoms with Gasteiger partial charge in [-0.15, -0.1) is 0 Å². The van der Waals surface area contributed by atoms with Crippen molar-refractivity contribution >= 4 is 29.2 Å². The zero-order valence-corrected chi connectivity index (χ0v) is 9.63. The summed E-state index contributed by atoms with van der Waals surface area (Å²) in [7, 11) is 5.64. The summed E-state index contributed by atoms with van der Waals surface area (Å²) < 4.78 is 0.362. The van der Waals surface area contributed by atoms with Gasteiger partial charge in [-0.25, -0.2) is 0 Å². The number of hydrogen-bond donors (Lipinski definition) is 1. The molecule has 0 saturated carbocycles. The summed E-state index contributed by atoms with van der Waals surface area (Å²) in [5.74, 6) is -0.184. The van der Waals surface area contributed by atoms with Gasteiger partial charge in [0.15, 0.2) is 5.75 Å². The van der Waals surface area contributed by atoms with Crippen molar-refractivity contribution in [3.8, 4) is 5.75 Å². The summed E-state index contributed by atoms with van der Waals surface area (Å²) in [5.41, 5.74) is 0.338. The molecule has 1 aromatic rings. The molecule has 0 aliphatic rings. The minimum atomic E-state index is -0.523. The van der Waals surface area contributed by atoms with E-state index in [0.29, 0.717) is 4.47 Å². The van der Waals surface area contributed by atoms with Crippen LogP contribution >= 0.6 is 15.9 Å². The second kappa shape index (κ2) is 4.17. The first kappa shape index (κ1) is 11.3. The van der Waals surface area contributed by atoms with Crippen LogP contribution in [0.5, 0.6) is 5.75 Å². The number of aromatic hydroxyl groups is 1. The van der Waals surface area contributed by atoms with E-state index in [2.05, 4.69) is 15.9 Å². The minimum absolute atomic E-state index is 0.114. The zero-order chi connectivity index (χ0) is 10.9. The largest absolute Gasteiger partial charge is 0.503 e. The highest BCUT2D eigenvalue weighted by Crippen LogP contribution is 2.19. The predicted molar refractivity (Wildman–Crippen MR) is 61.6 cm³/mol. The van der Waals surface area contributed by atoms with Crippen molar-refractivity contribution in [2.45, 2.75) is 19.8 Å². The van der Waals surface area contributed by atoms with Gasteiger partial charge >= 0.3 is 0 Å². The molecule has 0 unspecified atom stereocenters. The van der Waals surface area contributed by atoms with Gasteiger partial charge in [0, 0.05) is 0 Å². The standard InChI is InChI=1S/C10H10BBrO2/c1-5(2)6-3-4-7(12)9(13)10(14)8(6)11/h3-5H,1-2H3,(H,13,14). The van der Waals surface area contributed by atoms with Crippen molar-refractivity contribution in [1.29, 1.82) is 0 Å². The van der Waals surface area contributed by atoms with Crippen LogP contribution < -0.4 is 10.9 Å². The van der Waals surface area contributed by atoms with Crippen LogP contribution in [0, 0.1) is 0 Å². The van der Waals surface area contributed by atoms with Crippen molar-refractivity contribution in [3.05, 3.63) is 32.4 Å². The molecule has 1 N–H and O–H groups in total. The second-order valence-electron chi connectivity index (χ2n) is 3.38. The first-order valence-electron chi connectivity index (χ1n) is 4.26. The first-order valence-corrected chi connectivity index (χ1v) is 5.05. The molecule has 0 saturated heterocycles. The Kier molecular flexibility index (Phi) is 3.37. The Morgan fingerprint density at radius 1 is 1.43 bits per heavy atom. The van der Waals surface area contributed by atoms with Crippen LogP contribution in [0.1, 0.15) is 25.3 Å². The van der Waals surface area contributed by atoms with Crippen molar-refractivity contribution in [3.63, 3.8) is 0 Å². The highest BCUT2D eigenvalue weighted by atomic mass is 79.9.